The van der Waals surface area contributed by atoms with E-state index in [1.807, 2.05) is 12.1 Å². The molecule has 0 N–H and O–H groups in total. The molecule has 0 spiro atoms. The lowest BCUT2D eigenvalue weighted by Gasteiger charge is -2.24. The number of hydrogen-bond donors (Lipinski definition) is 0. The Hall–Kier alpha value is -2.45. The van der Waals surface area contributed by atoms with Gasteiger partial charge in [-0.2, -0.15) is 4.31 Å². The van der Waals surface area contributed by atoms with Crippen LogP contribution in [-0.2, 0) is 10.0 Å². The van der Waals surface area contributed by atoms with Crippen molar-refractivity contribution in [2.45, 2.75) is 23.8 Å². The van der Waals surface area contributed by atoms with Crippen LogP contribution in [0.1, 0.15) is 24.4 Å². The minimum atomic E-state index is -3.97. The van der Waals surface area contributed by atoms with Crippen LogP contribution in [0.15, 0.2) is 53.4 Å². The number of methoxy groups -OCH3 is 1. The highest BCUT2D eigenvalue weighted by molar-refractivity contribution is 7.89. The number of nitro benzene ring substituents is 1. The van der Waals surface area contributed by atoms with Crippen LogP contribution in [0.25, 0.3) is 0 Å². The van der Waals surface area contributed by atoms with E-state index >= 15 is 0 Å². The predicted molar refractivity (Wildman–Crippen MR) is 92.0 cm³/mol. The number of ether oxygens (including phenoxy) is 1. The van der Waals surface area contributed by atoms with Gasteiger partial charge in [0.2, 0.25) is 10.0 Å². The Labute approximate surface area is 146 Å². The highest BCUT2D eigenvalue weighted by Gasteiger charge is 2.39. The molecular weight excluding hydrogens is 344 g/mol. The van der Waals surface area contributed by atoms with E-state index in [9.17, 15) is 18.5 Å². The Bertz CT molecular complexity index is 880. The summed E-state index contributed by atoms with van der Waals surface area (Å²) in [6, 6.07) is 12.3. The average Bonchev–Trinajstić information content (AvgIpc) is 3.12. The van der Waals surface area contributed by atoms with Crippen molar-refractivity contribution >= 4 is 15.7 Å². The number of nitrogens with zero attached hydrogens (tertiary/aromatic N) is 2. The summed E-state index contributed by atoms with van der Waals surface area (Å²) in [5, 5.41) is 11.2. The lowest BCUT2D eigenvalue weighted by Crippen LogP contribution is -2.31. The first kappa shape index (κ1) is 17.4. The predicted octanol–water partition coefficient (Wildman–Crippen LogP) is 3.13. The topological polar surface area (TPSA) is 89.8 Å². The molecule has 0 aromatic heterocycles. The summed E-state index contributed by atoms with van der Waals surface area (Å²) in [6.07, 6.45) is 1.38. The standard InChI is InChI=1S/C17H18N2O5S/c1-24-14-10-8-13(9-11-14)15-6-4-12-18(15)25(22,23)17-7-3-2-5-16(17)19(20)21/h2-3,5,7-11,15H,4,6,12H2,1H3/t15-/m0/s1. The first-order valence-electron chi connectivity index (χ1n) is 7.84. The molecule has 0 aliphatic carbocycles. The molecule has 1 fully saturated rings. The first-order chi connectivity index (χ1) is 11.9. The van der Waals surface area contributed by atoms with Crippen LogP contribution < -0.4 is 4.74 Å². The molecule has 0 amide bonds. The molecule has 132 valence electrons. The number of rotatable bonds is 5. The van der Waals surface area contributed by atoms with Crippen molar-refractivity contribution in [1.29, 1.82) is 0 Å². The zero-order chi connectivity index (χ0) is 18.0. The fourth-order valence-corrected chi connectivity index (χ4v) is 4.98. The Morgan fingerprint density at radius 1 is 1.16 bits per heavy atom. The molecule has 0 bridgehead atoms. The molecule has 1 heterocycles. The van der Waals surface area contributed by atoms with Crippen molar-refractivity contribution in [3.8, 4) is 5.75 Å². The summed E-state index contributed by atoms with van der Waals surface area (Å²) in [6.45, 7) is 0.338. The largest absolute Gasteiger partial charge is 0.497 e. The summed E-state index contributed by atoms with van der Waals surface area (Å²) in [4.78, 5) is 10.3. The summed E-state index contributed by atoms with van der Waals surface area (Å²) in [7, 11) is -2.40. The fraction of sp³-hybridized carbons (Fsp3) is 0.294. The van der Waals surface area contributed by atoms with Gasteiger partial charge in [-0.3, -0.25) is 10.1 Å². The third-order valence-corrected chi connectivity index (χ3v) is 6.31. The second-order valence-electron chi connectivity index (χ2n) is 5.77. The minimum absolute atomic E-state index is 0.264. The van der Waals surface area contributed by atoms with E-state index in [0.717, 1.165) is 5.56 Å². The van der Waals surface area contributed by atoms with E-state index in [-0.39, 0.29) is 10.9 Å². The highest BCUT2D eigenvalue weighted by Crippen LogP contribution is 2.38. The molecule has 1 atom stereocenters. The van der Waals surface area contributed by atoms with E-state index in [4.69, 9.17) is 4.74 Å². The van der Waals surface area contributed by atoms with E-state index < -0.39 is 20.6 Å². The van der Waals surface area contributed by atoms with Crippen molar-refractivity contribution in [1.82, 2.24) is 4.31 Å². The number of para-hydroxylation sites is 1. The second-order valence-corrected chi connectivity index (χ2v) is 7.63. The SMILES string of the molecule is COc1ccc([C@@H]2CCCN2S(=O)(=O)c2ccccc2[N+](=O)[O-])cc1. The van der Waals surface area contributed by atoms with Crippen LogP contribution in [0.3, 0.4) is 0 Å². The van der Waals surface area contributed by atoms with Gasteiger partial charge in [0.05, 0.1) is 18.1 Å². The van der Waals surface area contributed by atoms with Crippen LogP contribution >= 0.6 is 0 Å². The Morgan fingerprint density at radius 2 is 1.84 bits per heavy atom. The highest BCUT2D eigenvalue weighted by atomic mass is 32.2. The van der Waals surface area contributed by atoms with Crippen molar-refractivity contribution < 1.29 is 18.1 Å². The molecule has 0 radical (unpaired) electrons. The van der Waals surface area contributed by atoms with Crippen molar-refractivity contribution in [3.05, 3.63) is 64.2 Å². The number of nitro groups is 1. The third kappa shape index (κ3) is 3.22. The van der Waals surface area contributed by atoms with Crippen molar-refractivity contribution in [3.63, 3.8) is 0 Å². The molecule has 8 heteroatoms. The molecule has 7 nitrogen and oxygen atoms in total. The zero-order valence-corrected chi connectivity index (χ0v) is 14.5. The van der Waals surface area contributed by atoms with Gasteiger partial charge in [-0.05, 0) is 36.6 Å². The average molecular weight is 362 g/mol. The summed E-state index contributed by atoms with van der Waals surface area (Å²) < 4.78 is 32.6. The quantitative estimate of drug-likeness (QED) is 0.602. The van der Waals surface area contributed by atoms with Gasteiger partial charge in [-0.1, -0.05) is 24.3 Å². The maximum atomic E-state index is 13.1. The van der Waals surface area contributed by atoms with Gasteiger partial charge in [0.15, 0.2) is 4.90 Å². The molecule has 1 aliphatic heterocycles. The molecule has 2 aromatic rings. The molecule has 25 heavy (non-hydrogen) atoms. The Kier molecular flexibility index (Phi) is 4.73. The Morgan fingerprint density at radius 3 is 2.48 bits per heavy atom. The minimum Gasteiger partial charge on any atom is -0.497 e. The zero-order valence-electron chi connectivity index (χ0n) is 13.7. The monoisotopic (exact) mass is 362 g/mol. The van der Waals surface area contributed by atoms with Gasteiger partial charge < -0.3 is 4.74 Å². The van der Waals surface area contributed by atoms with E-state index in [1.165, 1.54) is 28.6 Å². The van der Waals surface area contributed by atoms with Crippen LogP contribution in [0.5, 0.6) is 5.75 Å². The van der Waals surface area contributed by atoms with Crippen molar-refractivity contribution in [2.24, 2.45) is 0 Å². The van der Waals surface area contributed by atoms with E-state index in [0.29, 0.717) is 25.1 Å². The lowest BCUT2D eigenvalue weighted by atomic mass is 10.1. The van der Waals surface area contributed by atoms with Gasteiger partial charge >= 0.3 is 0 Å². The van der Waals surface area contributed by atoms with Crippen molar-refractivity contribution in [2.75, 3.05) is 13.7 Å². The molecule has 1 saturated heterocycles. The van der Waals surface area contributed by atoms with Gasteiger partial charge in [0.1, 0.15) is 5.75 Å². The maximum Gasteiger partial charge on any atom is 0.289 e. The van der Waals surface area contributed by atoms with Crippen LogP contribution in [0.2, 0.25) is 0 Å². The second kappa shape index (κ2) is 6.81. The smallest absolute Gasteiger partial charge is 0.289 e. The molecule has 1 aliphatic rings. The molecule has 2 aromatic carbocycles. The van der Waals surface area contributed by atoms with Crippen LogP contribution in [-0.4, -0.2) is 31.3 Å². The first-order valence-corrected chi connectivity index (χ1v) is 9.28. The van der Waals surface area contributed by atoms with Crippen LogP contribution in [0.4, 0.5) is 5.69 Å². The maximum absolute atomic E-state index is 13.1. The number of benzene rings is 2. The summed E-state index contributed by atoms with van der Waals surface area (Å²) in [5.74, 6) is 0.690. The van der Waals surface area contributed by atoms with Gasteiger partial charge in [0, 0.05) is 12.6 Å². The van der Waals surface area contributed by atoms with Gasteiger partial charge in [0.25, 0.3) is 5.69 Å². The summed E-state index contributed by atoms with van der Waals surface area (Å²) >= 11 is 0. The molecule has 0 saturated carbocycles. The summed E-state index contributed by atoms with van der Waals surface area (Å²) in [5.41, 5.74) is 0.448. The molecular formula is C17H18N2O5S. The Balaban J connectivity index is 2.00. The molecule has 0 unspecified atom stereocenters. The molecule has 3 rings (SSSR count). The van der Waals surface area contributed by atoms with E-state index in [2.05, 4.69) is 0 Å². The number of sulfonamides is 1. The van der Waals surface area contributed by atoms with Gasteiger partial charge in [-0.25, -0.2) is 8.42 Å². The van der Waals surface area contributed by atoms with Crippen LogP contribution in [0, 0.1) is 10.1 Å². The van der Waals surface area contributed by atoms with E-state index in [1.54, 1.807) is 19.2 Å². The number of hydrogen-bond acceptors (Lipinski definition) is 5. The lowest BCUT2D eigenvalue weighted by molar-refractivity contribution is -0.387. The third-order valence-electron chi connectivity index (χ3n) is 4.35. The normalized spacial score (nSPS) is 18.2. The van der Waals surface area contributed by atoms with Gasteiger partial charge in [-0.15, -0.1) is 0 Å². The fourth-order valence-electron chi connectivity index (χ4n) is 3.14.